The Labute approximate surface area is 102 Å². The van der Waals surface area contributed by atoms with Crippen molar-refractivity contribution in [3.63, 3.8) is 0 Å². The molecule has 2 aromatic rings. The first-order chi connectivity index (χ1) is 8.20. The van der Waals surface area contributed by atoms with Gasteiger partial charge in [-0.15, -0.1) is 0 Å². The van der Waals surface area contributed by atoms with Crippen LogP contribution in [0.3, 0.4) is 0 Å². The molecular weight excluding hydrogens is 210 g/mol. The van der Waals surface area contributed by atoms with Gasteiger partial charge in [-0.1, -0.05) is 37.3 Å². The molecule has 0 radical (unpaired) electrons. The summed E-state index contributed by atoms with van der Waals surface area (Å²) in [6.45, 7) is 4.05. The maximum absolute atomic E-state index is 10.3. The second-order valence-corrected chi connectivity index (χ2v) is 4.23. The summed E-state index contributed by atoms with van der Waals surface area (Å²) in [6, 6.07) is 11.9. The van der Waals surface area contributed by atoms with Gasteiger partial charge in [0.15, 0.2) is 0 Å². The lowest BCUT2D eigenvalue weighted by atomic mass is 10.00. The van der Waals surface area contributed by atoms with E-state index in [-0.39, 0.29) is 0 Å². The van der Waals surface area contributed by atoms with E-state index >= 15 is 0 Å². The van der Waals surface area contributed by atoms with E-state index in [4.69, 9.17) is 0 Å². The van der Waals surface area contributed by atoms with Crippen LogP contribution in [0.15, 0.2) is 42.6 Å². The van der Waals surface area contributed by atoms with Crippen LogP contribution in [0.1, 0.15) is 35.4 Å². The zero-order valence-corrected chi connectivity index (χ0v) is 10.2. The third-order valence-corrected chi connectivity index (χ3v) is 2.93. The lowest BCUT2D eigenvalue weighted by molar-refractivity contribution is 0.220. The summed E-state index contributed by atoms with van der Waals surface area (Å²) in [5.74, 6) is 0. The van der Waals surface area contributed by atoms with E-state index in [1.165, 1.54) is 5.56 Å². The number of benzene rings is 1. The summed E-state index contributed by atoms with van der Waals surface area (Å²) in [7, 11) is 0. The van der Waals surface area contributed by atoms with Gasteiger partial charge in [-0.3, -0.25) is 4.98 Å². The van der Waals surface area contributed by atoms with Gasteiger partial charge in [-0.2, -0.15) is 0 Å². The Morgan fingerprint density at radius 1 is 1.18 bits per heavy atom. The number of aryl methyl sites for hydroxylation is 2. The minimum atomic E-state index is -0.588. The Bertz CT molecular complexity index is 491. The average molecular weight is 227 g/mol. The fraction of sp³-hybridized carbons (Fsp3) is 0.267. The van der Waals surface area contributed by atoms with Crippen LogP contribution in [0, 0.1) is 6.92 Å². The van der Waals surface area contributed by atoms with E-state index in [0.29, 0.717) is 0 Å². The van der Waals surface area contributed by atoms with Gasteiger partial charge in [0, 0.05) is 17.5 Å². The normalized spacial score (nSPS) is 12.4. The van der Waals surface area contributed by atoms with E-state index < -0.39 is 6.10 Å². The lowest BCUT2D eigenvalue weighted by Crippen LogP contribution is -2.01. The van der Waals surface area contributed by atoms with E-state index in [2.05, 4.69) is 18.0 Å². The van der Waals surface area contributed by atoms with Gasteiger partial charge in [0.1, 0.15) is 6.10 Å². The first kappa shape index (κ1) is 11.8. The van der Waals surface area contributed by atoms with Crippen LogP contribution in [0.4, 0.5) is 0 Å². The highest BCUT2D eigenvalue weighted by Crippen LogP contribution is 2.22. The summed E-state index contributed by atoms with van der Waals surface area (Å²) < 4.78 is 0. The number of aliphatic hydroxyl groups is 1. The summed E-state index contributed by atoms with van der Waals surface area (Å²) in [6.07, 6.45) is 2.13. The number of nitrogens with zero attached hydrogens (tertiary/aromatic N) is 1. The molecule has 0 aliphatic heterocycles. The largest absolute Gasteiger partial charge is 0.384 e. The molecule has 1 N–H and O–H groups in total. The molecule has 0 bridgehead atoms. The second kappa shape index (κ2) is 5.11. The Morgan fingerprint density at radius 3 is 2.65 bits per heavy atom. The third-order valence-electron chi connectivity index (χ3n) is 2.93. The molecule has 2 heteroatoms. The molecule has 17 heavy (non-hydrogen) atoms. The first-order valence-electron chi connectivity index (χ1n) is 5.90. The predicted octanol–water partition coefficient (Wildman–Crippen LogP) is 3.03. The molecule has 2 rings (SSSR count). The van der Waals surface area contributed by atoms with Gasteiger partial charge in [-0.05, 0) is 30.5 Å². The van der Waals surface area contributed by atoms with Crippen LogP contribution >= 0.6 is 0 Å². The number of hydrogen-bond donors (Lipinski definition) is 1. The summed E-state index contributed by atoms with van der Waals surface area (Å²) >= 11 is 0. The van der Waals surface area contributed by atoms with Crippen molar-refractivity contribution < 1.29 is 5.11 Å². The molecule has 0 aliphatic rings. The quantitative estimate of drug-likeness (QED) is 0.874. The molecule has 0 spiro atoms. The molecule has 0 saturated heterocycles. The molecular formula is C15H17NO. The number of hydrogen-bond acceptors (Lipinski definition) is 2. The van der Waals surface area contributed by atoms with Crippen LogP contribution < -0.4 is 0 Å². The molecule has 0 fully saturated rings. The predicted molar refractivity (Wildman–Crippen MR) is 68.9 cm³/mol. The van der Waals surface area contributed by atoms with Gasteiger partial charge < -0.3 is 5.11 Å². The zero-order chi connectivity index (χ0) is 12.3. The van der Waals surface area contributed by atoms with Gasteiger partial charge >= 0.3 is 0 Å². The third kappa shape index (κ3) is 2.71. The van der Waals surface area contributed by atoms with Gasteiger partial charge in [-0.25, -0.2) is 0 Å². The maximum atomic E-state index is 10.3. The minimum Gasteiger partial charge on any atom is -0.384 e. The highest BCUT2D eigenvalue weighted by molar-refractivity contribution is 5.31. The maximum Gasteiger partial charge on any atom is 0.106 e. The van der Waals surface area contributed by atoms with Crippen LogP contribution in [0.2, 0.25) is 0 Å². The molecule has 1 aromatic heterocycles. The van der Waals surface area contributed by atoms with Crippen molar-refractivity contribution in [3.05, 3.63) is 65.0 Å². The van der Waals surface area contributed by atoms with E-state index in [1.807, 2.05) is 37.3 Å². The second-order valence-electron chi connectivity index (χ2n) is 4.23. The molecule has 0 saturated carbocycles. The van der Waals surface area contributed by atoms with Crippen LogP contribution in [-0.4, -0.2) is 10.1 Å². The van der Waals surface area contributed by atoms with Crippen molar-refractivity contribution in [2.45, 2.75) is 26.4 Å². The fourth-order valence-electron chi connectivity index (χ4n) is 1.82. The number of aliphatic hydroxyl groups excluding tert-OH is 1. The standard InChI is InChI=1S/C15H17NO/c1-3-12-5-4-6-13(9-12)15(17)14-8-7-11(2)16-10-14/h4-10,15,17H,3H2,1-2H3. The molecule has 2 nitrogen and oxygen atoms in total. The Balaban J connectivity index is 2.29. The van der Waals surface area contributed by atoms with Crippen molar-refractivity contribution in [2.75, 3.05) is 0 Å². The molecule has 88 valence electrons. The minimum absolute atomic E-state index is 0.588. The fourth-order valence-corrected chi connectivity index (χ4v) is 1.82. The SMILES string of the molecule is CCc1cccc(C(O)c2ccc(C)nc2)c1. The highest BCUT2D eigenvalue weighted by Gasteiger charge is 2.10. The molecule has 0 amide bonds. The topological polar surface area (TPSA) is 33.1 Å². The van der Waals surface area contributed by atoms with Gasteiger partial charge in [0.25, 0.3) is 0 Å². The zero-order valence-electron chi connectivity index (χ0n) is 10.2. The monoisotopic (exact) mass is 227 g/mol. The van der Waals surface area contributed by atoms with Gasteiger partial charge in [0.2, 0.25) is 0 Å². The van der Waals surface area contributed by atoms with E-state index in [9.17, 15) is 5.11 Å². The van der Waals surface area contributed by atoms with Crippen molar-refractivity contribution in [1.29, 1.82) is 0 Å². The van der Waals surface area contributed by atoms with E-state index in [1.54, 1.807) is 6.20 Å². The average Bonchev–Trinajstić information content (AvgIpc) is 2.39. The number of rotatable bonds is 3. The number of pyridine rings is 1. The van der Waals surface area contributed by atoms with Crippen LogP contribution in [0.25, 0.3) is 0 Å². The Kier molecular flexibility index (Phi) is 3.55. The summed E-state index contributed by atoms with van der Waals surface area (Å²) in [5, 5.41) is 10.3. The Hall–Kier alpha value is -1.67. The summed E-state index contributed by atoms with van der Waals surface area (Å²) in [5.41, 5.74) is 3.96. The van der Waals surface area contributed by atoms with Crippen molar-refractivity contribution in [3.8, 4) is 0 Å². The number of aromatic nitrogens is 1. The Morgan fingerprint density at radius 2 is 2.00 bits per heavy atom. The molecule has 1 unspecified atom stereocenters. The van der Waals surface area contributed by atoms with Crippen molar-refractivity contribution >= 4 is 0 Å². The highest BCUT2D eigenvalue weighted by atomic mass is 16.3. The van der Waals surface area contributed by atoms with Crippen LogP contribution in [0.5, 0.6) is 0 Å². The van der Waals surface area contributed by atoms with Gasteiger partial charge in [0.05, 0.1) is 0 Å². The van der Waals surface area contributed by atoms with Crippen molar-refractivity contribution in [2.24, 2.45) is 0 Å². The van der Waals surface area contributed by atoms with Crippen molar-refractivity contribution in [1.82, 2.24) is 4.98 Å². The lowest BCUT2D eigenvalue weighted by Gasteiger charge is -2.12. The first-order valence-corrected chi connectivity index (χ1v) is 5.90. The molecule has 1 heterocycles. The van der Waals surface area contributed by atoms with Crippen LogP contribution in [-0.2, 0) is 6.42 Å². The molecule has 0 aliphatic carbocycles. The smallest absolute Gasteiger partial charge is 0.106 e. The van der Waals surface area contributed by atoms with E-state index in [0.717, 1.165) is 23.2 Å². The molecule has 1 atom stereocenters. The molecule has 1 aromatic carbocycles. The summed E-state index contributed by atoms with van der Waals surface area (Å²) in [4.78, 5) is 4.21.